The van der Waals surface area contributed by atoms with Crippen molar-refractivity contribution in [2.24, 2.45) is 0 Å². The highest BCUT2D eigenvalue weighted by molar-refractivity contribution is 5.97. The summed E-state index contributed by atoms with van der Waals surface area (Å²) in [6, 6.07) is 15.6. The number of ketones is 1. The molecule has 0 N–H and O–H groups in total. The first-order valence-corrected chi connectivity index (χ1v) is 9.27. The van der Waals surface area contributed by atoms with E-state index >= 15 is 0 Å². The molecule has 0 radical (unpaired) electrons. The SMILES string of the molecule is CCc1ccc(C(=O)CN2CCN(C(=O)c3cccc(C)c3)CC2)cc1. The van der Waals surface area contributed by atoms with Crippen LogP contribution < -0.4 is 0 Å². The minimum atomic E-state index is 0.0785. The molecule has 3 rings (SSSR count). The number of benzene rings is 2. The molecule has 0 atom stereocenters. The zero-order chi connectivity index (χ0) is 18.5. The number of carbonyl (C=O) groups excluding carboxylic acids is 2. The molecule has 1 fully saturated rings. The van der Waals surface area contributed by atoms with E-state index in [1.807, 2.05) is 60.4 Å². The first-order valence-electron chi connectivity index (χ1n) is 9.27. The van der Waals surface area contributed by atoms with Crippen LogP contribution in [0.2, 0.25) is 0 Å². The zero-order valence-electron chi connectivity index (χ0n) is 15.6. The normalized spacial score (nSPS) is 15.1. The second-order valence-corrected chi connectivity index (χ2v) is 6.91. The van der Waals surface area contributed by atoms with Crippen LogP contribution in [0, 0.1) is 6.92 Å². The minimum Gasteiger partial charge on any atom is -0.336 e. The maximum Gasteiger partial charge on any atom is 0.253 e. The van der Waals surface area contributed by atoms with Crippen LogP contribution in [0.1, 0.15) is 38.8 Å². The fourth-order valence-electron chi connectivity index (χ4n) is 3.29. The predicted molar refractivity (Wildman–Crippen MR) is 104 cm³/mol. The predicted octanol–water partition coefficient (Wildman–Crippen LogP) is 3.20. The molecule has 2 aromatic rings. The van der Waals surface area contributed by atoms with Gasteiger partial charge in [0.2, 0.25) is 0 Å². The van der Waals surface area contributed by atoms with Crippen molar-refractivity contribution >= 4 is 11.7 Å². The monoisotopic (exact) mass is 350 g/mol. The Balaban J connectivity index is 1.53. The summed E-state index contributed by atoms with van der Waals surface area (Å²) in [6.07, 6.45) is 0.978. The van der Waals surface area contributed by atoms with Crippen molar-refractivity contribution in [2.45, 2.75) is 20.3 Å². The molecular weight excluding hydrogens is 324 g/mol. The van der Waals surface area contributed by atoms with Gasteiger partial charge in [0.25, 0.3) is 5.91 Å². The summed E-state index contributed by atoms with van der Waals surface area (Å²) in [5, 5.41) is 0. The highest BCUT2D eigenvalue weighted by atomic mass is 16.2. The standard InChI is InChI=1S/C22H26N2O2/c1-3-18-7-9-19(10-8-18)21(25)16-23-11-13-24(14-12-23)22(26)20-6-4-5-17(2)15-20/h4-10,15H,3,11-14,16H2,1-2H3. The van der Waals surface area contributed by atoms with E-state index in [-0.39, 0.29) is 11.7 Å². The number of hydrogen-bond donors (Lipinski definition) is 0. The van der Waals surface area contributed by atoms with Gasteiger partial charge in [0, 0.05) is 37.3 Å². The third kappa shape index (κ3) is 4.38. The van der Waals surface area contributed by atoms with Gasteiger partial charge in [0.1, 0.15) is 0 Å². The molecule has 2 aromatic carbocycles. The average Bonchev–Trinajstić information content (AvgIpc) is 2.68. The summed E-state index contributed by atoms with van der Waals surface area (Å²) < 4.78 is 0. The average molecular weight is 350 g/mol. The van der Waals surface area contributed by atoms with E-state index in [2.05, 4.69) is 11.8 Å². The molecule has 0 spiro atoms. The molecule has 4 nitrogen and oxygen atoms in total. The Hall–Kier alpha value is -2.46. The zero-order valence-corrected chi connectivity index (χ0v) is 15.6. The Morgan fingerprint density at radius 2 is 1.62 bits per heavy atom. The molecule has 1 aliphatic rings. The number of amides is 1. The van der Waals surface area contributed by atoms with Crippen LogP contribution in [0.5, 0.6) is 0 Å². The van der Waals surface area contributed by atoms with Gasteiger partial charge in [-0.15, -0.1) is 0 Å². The van der Waals surface area contributed by atoms with Crippen molar-refractivity contribution < 1.29 is 9.59 Å². The first-order chi connectivity index (χ1) is 12.6. The summed E-state index contributed by atoms with van der Waals surface area (Å²) in [4.78, 5) is 29.1. The molecule has 0 aromatic heterocycles. The molecule has 0 aliphatic carbocycles. The Morgan fingerprint density at radius 1 is 0.923 bits per heavy atom. The van der Waals surface area contributed by atoms with E-state index in [0.29, 0.717) is 19.6 Å². The van der Waals surface area contributed by atoms with Crippen molar-refractivity contribution in [3.63, 3.8) is 0 Å². The summed E-state index contributed by atoms with van der Waals surface area (Å²) in [5.41, 5.74) is 3.84. The third-order valence-electron chi connectivity index (χ3n) is 4.98. The van der Waals surface area contributed by atoms with Crippen LogP contribution in [-0.4, -0.2) is 54.2 Å². The first kappa shape index (κ1) is 18.3. The molecule has 1 heterocycles. The van der Waals surface area contributed by atoms with Gasteiger partial charge in [-0.3, -0.25) is 14.5 Å². The molecule has 1 saturated heterocycles. The molecule has 0 saturated carbocycles. The van der Waals surface area contributed by atoms with Crippen molar-refractivity contribution in [3.05, 3.63) is 70.8 Å². The highest BCUT2D eigenvalue weighted by Gasteiger charge is 2.23. The number of rotatable bonds is 5. The van der Waals surface area contributed by atoms with E-state index in [1.54, 1.807) is 0 Å². The largest absolute Gasteiger partial charge is 0.336 e. The topological polar surface area (TPSA) is 40.6 Å². The second kappa shape index (κ2) is 8.28. The van der Waals surface area contributed by atoms with Crippen LogP contribution >= 0.6 is 0 Å². The van der Waals surface area contributed by atoms with Crippen LogP contribution in [0.3, 0.4) is 0 Å². The smallest absolute Gasteiger partial charge is 0.253 e. The van der Waals surface area contributed by atoms with Crippen molar-refractivity contribution in [2.75, 3.05) is 32.7 Å². The molecular formula is C22H26N2O2. The Kier molecular flexibility index (Phi) is 5.84. The highest BCUT2D eigenvalue weighted by Crippen LogP contribution is 2.12. The number of nitrogens with zero attached hydrogens (tertiary/aromatic N) is 2. The molecule has 1 amide bonds. The molecule has 26 heavy (non-hydrogen) atoms. The van der Waals surface area contributed by atoms with Crippen molar-refractivity contribution in [1.29, 1.82) is 0 Å². The van der Waals surface area contributed by atoms with E-state index in [0.717, 1.165) is 36.2 Å². The number of Topliss-reactive ketones (excluding diaryl/α,β-unsaturated/α-hetero) is 1. The lowest BCUT2D eigenvalue weighted by Crippen LogP contribution is -2.49. The minimum absolute atomic E-state index is 0.0785. The lowest BCUT2D eigenvalue weighted by atomic mass is 10.1. The van der Waals surface area contributed by atoms with E-state index in [9.17, 15) is 9.59 Å². The Labute approximate surface area is 155 Å². The van der Waals surface area contributed by atoms with Gasteiger partial charge < -0.3 is 4.90 Å². The van der Waals surface area contributed by atoms with Crippen LogP contribution in [0.4, 0.5) is 0 Å². The van der Waals surface area contributed by atoms with Gasteiger partial charge in [0.15, 0.2) is 5.78 Å². The van der Waals surface area contributed by atoms with Crippen LogP contribution in [-0.2, 0) is 6.42 Å². The van der Waals surface area contributed by atoms with Gasteiger partial charge in [0.05, 0.1) is 6.54 Å². The lowest BCUT2D eigenvalue weighted by molar-refractivity contribution is 0.0624. The van der Waals surface area contributed by atoms with Gasteiger partial charge in [-0.05, 0) is 31.0 Å². The molecule has 0 bridgehead atoms. The lowest BCUT2D eigenvalue weighted by Gasteiger charge is -2.34. The molecule has 0 unspecified atom stereocenters. The summed E-state index contributed by atoms with van der Waals surface area (Å²) in [6.45, 7) is 7.30. The number of carbonyl (C=O) groups is 2. The summed E-state index contributed by atoms with van der Waals surface area (Å²) in [5.74, 6) is 0.223. The number of piperazine rings is 1. The molecule has 136 valence electrons. The fourth-order valence-corrected chi connectivity index (χ4v) is 3.29. The van der Waals surface area contributed by atoms with Crippen molar-refractivity contribution in [1.82, 2.24) is 9.80 Å². The fraction of sp³-hybridized carbons (Fsp3) is 0.364. The number of aryl methyl sites for hydroxylation is 2. The maximum absolute atomic E-state index is 12.6. The van der Waals surface area contributed by atoms with Crippen molar-refractivity contribution in [3.8, 4) is 0 Å². The van der Waals surface area contributed by atoms with Gasteiger partial charge in [-0.25, -0.2) is 0 Å². The van der Waals surface area contributed by atoms with E-state index in [4.69, 9.17) is 0 Å². The molecule has 4 heteroatoms. The molecule has 1 aliphatic heterocycles. The quantitative estimate of drug-likeness (QED) is 0.778. The number of hydrogen-bond acceptors (Lipinski definition) is 3. The van der Waals surface area contributed by atoms with Gasteiger partial charge in [-0.2, -0.15) is 0 Å². The third-order valence-corrected chi connectivity index (χ3v) is 4.98. The van der Waals surface area contributed by atoms with Gasteiger partial charge in [-0.1, -0.05) is 48.9 Å². The van der Waals surface area contributed by atoms with E-state index < -0.39 is 0 Å². The Bertz CT molecular complexity index is 775. The second-order valence-electron chi connectivity index (χ2n) is 6.91. The maximum atomic E-state index is 12.6. The van der Waals surface area contributed by atoms with Crippen LogP contribution in [0.15, 0.2) is 48.5 Å². The Morgan fingerprint density at radius 3 is 2.23 bits per heavy atom. The van der Waals surface area contributed by atoms with Crippen LogP contribution in [0.25, 0.3) is 0 Å². The van der Waals surface area contributed by atoms with E-state index in [1.165, 1.54) is 5.56 Å². The summed E-state index contributed by atoms with van der Waals surface area (Å²) >= 11 is 0. The summed E-state index contributed by atoms with van der Waals surface area (Å²) in [7, 11) is 0. The van der Waals surface area contributed by atoms with Gasteiger partial charge >= 0.3 is 0 Å².